The maximum atomic E-state index is 10.4. The molecular weight excluding hydrogens is 312 g/mol. The summed E-state index contributed by atoms with van der Waals surface area (Å²) in [6.45, 7) is 2.17. The van der Waals surface area contributed by atoms with Gasteiger partial charge in [0.15, 0.2) is 0 Å². The van der Waals surface area contributed by atoms with E-state index in [1.165, 1.54) is 12.8 Å². The maximum Gasteiger partial charge on any atom is 0.303 e. The highest BCUT2D eigenvalue weighted by molar-refractivity contribution is 5.66. The number of unbranched alkanes of at least 4 members (excludes halogenated alkanes) is 5. The molecule has 0 saturated heterocycles. The number of allylic oxidation sites excluding steroid dienone is 7. The summed E-state index contributed by atoms with van der Waals surface area (Å²) in [5.74, 6) is -0.701. The third-order valence-electron chi connectivity index (χ3n) is 3.82. The van der Waals surface area contributed by atoms with E-state index in [1.54, 1.807) is 0 Å². The van der Waals surface area contributed by atoms with E-state index in [0.29, 0.717) is 0 Å². The molecule has 1 unspecified atom stereocenters. The molecule has 0 fully saturated rings. The first kappa shape index (κ1) is 23.4. The second kappa shape index (κ2) is 18.7. The highest BCUT2D eigenvalue weighted by Crippen LogP contribution is 2.05. The van der Waals surface area contributed by atoms with Gasteiger partial charge in [-0.05, 0) is 38.5 Å². The third-order valence-corrected chi connectivity index (χ3v) is 3.82. The van der Waals surface area contributed by atoms with Crippen LogP contribution < -0.4 is 0 Å². The molecular formula is C22H36O3. The van der Waals surface area contributed by atoms with Crippen molar-refractivity contribution in [2.45, 2.75) is 83.7 Å². The average Bonchev–Trinajstić information content (AvgIpc) is 2.58. The lowest BCUT2D eigenvalue weighted by atomic mass is 10.1. The number of carboxylic acid groups (broad SMARTS) is 1. The first-order valence-electron chi connectivity index (χ1n) is 9.70. The van der Waals surface area contributed by atoms with Gasteiger partial charge in [0.25, 0.3) is 0 Å². The normalized spacial score (nSPS) is 13.7. The van der Waals surface area contributed by atoms with Crippen LogP contribution >= 0.6 is 0 Å². The molecule has 0 heterocycles. The van der Waals surface area contributed by atoms with Crippen LogP contribution in [0.15, 0.2) is 48.6 Å². The minimum Gasteiger partial charge on any atom is -0.481 e. The van der Waals surface area contributed by atoms with E-state index in [2.05, 4.69) is 37.3 Å². The third kappa shape index (κ3) is 20.3. The molecule has 0 spiro atoms. The lowest BCUT2D eigenvalue weighted by molar-refractivity contribution is -0.137. The van der Waals surface area contributed by atoms with E-state index in [0.717, 1.165) is 51.4 Å². The van der Waals surface area contributed by atoms with Crippen LogP contribution in [0.25, 0.3) is 0 Å². The molecule has 25 heavy (non-hydrogen) atoms. The van der Waals surface area contributed by atoms with Crippen molar-refractivity contribution in [3.05, 3.63) is 48.6 Å². The number of aliphatic carboxylic acids is 1. The van der Waals surface area contributed by atoms with Gasteiger partial charge in [0.1, 0.15) is 0 Å². The predicted octanol–water partition coefficient (Wildman–Crippen LogP) is 5.97. The number of aliphatic hydroxyl groups is 1. The summed E-state index contributed by atoms with van der Waals surface area (Å²) in [7, 11) is 0. The molecule has 3 nitrogen and oxygen atoms in total. The Morgan fingerprint density at radius 1 is 0.880 bits per heavy atom. The molecule has 0 aromatic carbocycles. The molecule has 0 aliphatic carbocycles. The summed E-state index contributed by atoms with van der Waals surface area (Å²) >= 11 is 0. The van der Waals surface area contributed by atoms with Crippen molar-refractivity contribution >= 4 is 5.97 Å². The highest BCUT2D eigenvalue weighted by atomic mass is 16.4. The van der Waals surface area contributed by atoms with Gasteiger partial charge in [-0.25, -0.2) is 0 Å². The molecule has 0 radical (unpaired) electrons. The molecule has 0 amide bonds. The summed E-state index contributed by atoms with van der Waals surface area (Å²) in [5.41, 5.74) is 0. The Kier molecular flexibility index (Phi) is 17.5. The Balaban J connectivity index is 3.52. The predicted molar refractivity (Wildman–Crippen MR) is 107 cm³/mol. The summed E-state index contributed by atoms with van der Waals surface area (Å²) in [4.78, 5) is 10.4. The van der Waals surface area contributed by atoms with Crippen LogP contribution in [0.3, 0.4) is 0 Å². The Morgan fingerprint density at radius 2 is 1.60 bits per heavy atom. The zero-order chi connectivity index (χ0) is 18.6. The highest BCUT2D eigenvalue weighted by Gasteiger charge is 1.96. The fourth-order valence-electron chi connectivity index (χ4n) is 2.33. The number of aliphatic hydroxyl groups excluding tert-OH is 1. The molecule has 0 saturated carbocycles. The molecule has 142 valence electrons. The SMILES string of the molecule is CCCCCC(O)/C=C/C=C/C/C=C/C/C=C/CCCCCC(=O)O. The van der Waals surface area contributed by atoms with E-state index in [4.69, 9.17) is 5.11 Å². The molecule has 0 aromatic heterocycles. The van der Waals surface area contributed by atoms with Crippen LogP contribution in [0, 0.1) is 0 Å². The van der Waals surface area contributed by atoms with Crippen LogP contribution in [-0.2, 0) is 4.79 Å². The standard InChI is InChI=1S/C22H36O3/c1-2-3-15-18-21(23)19-16-13-11-9-7-5-4-6-8-10-12-14-17-20-22(24)25/h5-8,11,13,16,19,21,23H,2-4,9-10,12,14-15,17-18,20H2,1H3,(H,24,25)/b7-5+,8-6+,13-11+,19-16+. The van der Waals surface area contributed by atoms with E-state index in [-0.39, 0.29) is 12.5 Å². The Bertz CT molecular complexity index is 419. The van der Waals surface area contributed by atoms with Crippen LogP contribution in [-0.4, -0.2) is 22.3 Å². The van der Waals surface area contributed by atoms with Crippen LogP contribution in [0.5, 0.6) is 0 Å². The van der Waals surface area contributed by atoms with Gasteiger partial charge in [0.05, 0.1) is 6.10 Å². The van der Waals surface area contributed by atoms with Gasteiger partial charge in [-0.15, -0.1) is 0 Å². The van der Waals surface area contributed by atoms with Gasteiger partial charge in [0, 0.05) is 6.42 Å². The maximum absolute atomic E-state index is 10.4. The summed E-state index contributed by atoms with van der Waals surface area (Å²) in [6, 6.07) is 0. The summed E-state index contributed by atoms with van der Waals surface area (Å²) in [5, 5.41) is 18.3. The largest absolute Gasteiger partial charge is 0.481 e. The van der Waals surface area contributed by atoms with Crippen LogP contribution in [0.2, 0.25) is 0 Å². The number of carboxylic acids is 1. The lowest BCUT2D eigenvalue weighted by Gasteiger charge is -2.02. The zero-order valence-electron chi connectivity index (χ0n) is 15.8. The van der Waals surface area contributed by atoms with Gasteiger partial charge >= 0.3 is 5.97 Å². The second-order valence-corrected chi connectivity index (χ2v) is 6.28. The van der Waals surface area contributed by atoms with Crippen molar-refractivity contribution in [1.29, 1.82) is 0 Å². The first-order chi connectivity index (χ1) is 12.2. The van der Waals surface area contributed by atoms with Gasteiger partial charge < -0.3 is 10.2 Å². The minimum absolute atomic E-state index is 0.285. The Morgan fingerprint density at radius 3 is 2.32 bits per heavy atom. The Hall–Kier alpha value is -1.61. The van der Waals surface area contributed by atoms with Gasteiger partial charge in [-0.3, -0.25) is 4.79 Å². The quantitative estimate of drug-likeness (QED) is 0.205. The van der Waals surface area contributed by atoms with E-state index < -0.39 is 5.97 Å². The minimum atomic E-state index is -0.701. The fourth-order valence-corrected chi connectivity index (χ4v) is 2.33. The van der Waals surface area contributed by atoms with Gasteiger partial charge in [-0.2, -0.15) is 0 Å². The molecule has 2 N–H and O–H groups in total. The number of hydrogen-bond donors (Lipinski definition) is 2. The molecule has 0 rings (SSSR count). The van der Waals surface area contributed by atoms with E-state index in [9.17, 15) is 9.90 Å². The van der Waals surface area contributed by atoms with Crippen molar-refractivity contribution in [3.63, 3.8) is 0 Å². The first-order valence-corrected chi connectivity index (χ1v) is 9.70. The zero-order valence-corrected chi connectivity index (χ0v) is 15.8. The summed E-state index contributed by atoms with van der Waals surface area (Å²) < 4.78 is 0. The molecule has 0 aliphatic heterocycles. The molecule has 0 aliphatic rings. The average molecular weight is 349 g/mol. The molecule has 3 heteroatoms. The fraction of sp³-hybridized carbons (Fsp3) is 0.591. The van der Waals surface area contributed by atoms with Crippen LogP contribution in [0.4, 0.5) is 0 Å². The van der Waals surface area contributed by atoms with Crippen LogP contribution in [0.1, 0.15) is 77.6 Å². The second-order valence-electron chi connectivity index (χ2n) is 6.28. The number of hydrogen-bond acceptors (Lipinski definition) is 2. The smallest absolute Gasteiger partial charge is 0.303 e. The molecule has 1 atom stereocenters. The molecule has 0 bridgehead atoms. The van der Waals surface area contributed by atoms with Crippen molar-refractivity contribution < 1.29 is 15.0 Å². The monoisotopic (exact) mass is 348 g/mol. The summed E-state index contributed by atoms with van der Waals surface area (Å²) in [6.07, 6.45) is 26.4. The van der Waals surface area contributed by atoms with Gasteiger partial charge in [-0.1, -0.05) is 81.2 Å². The number of carbonyl (C=O) groups is 1. The van der Waals surface area contributed by atoms with E-state index >= 15 is 0 Å². The van der Waals surface area contributed by atoms with E-state index in [1.807, 2.05) is 18.2 Å². The Labute approximate surface area is 153 Å². The van der Waals surface area contributed by atoms with Crippen molar-refractivity contribution in [2.75, 3.05) is 0 Å². The molecule has 0 aromatic rings. The van der Waals surface area contributed by atoms with Crippen molar-refractivity contribution in [3.8, 4) is 0 Å². The lowest BCUT2D eigenvalue weighted by Crippen LogP contribution is -2.00. The van der Waals surface area contributed by atoms with Crippen molar-refractivity contribution in [2.24, 2.45) is 0 Å². The van der Waals surface area contributed by atoms with Gasteiger partial charge in [0.2, 0.25) is 0 Å². The van der Waals surface area contributed by atoms with Crippen molar-refractivity contribution in [1.82, 2.24) is 0 Å². The number of rotatable bonds is 16. The topological polar surface area (TPSA) is 57.5 Å².